The molecule has 1 aromatic carbocycles. The molecular formula is C15H15BrIN3. The van der Waals surface area contributed by atoms with Crippen molar-refractivity contribution in [2.24, 2.45) is 0 Å². The predicted octanol–water partition coefficient (Wildman–Crippen LogP) is 4.74. The van der Waals surface area contributed by atoms with E-state index in [2.05, 4.69) is 73.9 Å². The third-order valence-corrected chi connectivity index (χ3v) is 5.16. The number of hydrogen-bond acceptors (Lipinski definition) is 3. The van der Waals surface area contributed by atoms with Gasteiger partial charge in [0, 0.05) is 23.0 Å². The number of aryl methyl sites for hydroxylation is 1. The third-order valence-electron chi connectivity index (χ3n) is 3.44. The van der Waals surface area contributed by atoms with Crippen LogP contribution in [-0.4, -0.2) is 17.0 Å². The summed E-state index contributed by atoms with van der Waals surface area (Å²) in [6.07, 6.45) is 2.48. The van der Waals surface area contributed by atoms with Crippen molar-refractivity contribution in [3.05, 3.63) is 37.5 Å². The molecule has 0 bridgehead atoms. The molecule has 0 spiro atoms. The van der Waals surface area contributed by atoms with Gasteiger partial charge in [0.1, 0.15) is 5.82 Å². The van der Waals surface area contributed by atoms with E-state index in [-0.39, 0.29) is 0 Å². The first-order valence-corrected chi connectivity index (χ1v) is 8.49. The molecule has 3 nitrogen and oxygen atoms in total. The Morgan fingerprint density at radius 3 is 2.65 bits per heavy atom. The summed E-state index contributed by atoms with van der Waals surface area (Å²) in [4.78, 5) is 9.48. The lowest BCUT2D eigenvalue weighted by atomic mass is 10.1. The molecule has 1 aliphatic carbocycles. The average molecular weight is 444 g/mol. The van der Waals surface area contributed by atoms with Crippen LogP contribution in [0.25, 0.3) is 11.4 Å². The summed E-state index contributed by atoms with van der Waals surface area (Å²) >= 11 is 5.97. The number of anilines is 1. The molecular weight excluding hydrogens is 429 g/mol. The van der Waals surface area contributed by atoms with Gasteiger partial charge < -0.3 is 5.32 Å². The van der Waals surface area contributed by atoms with E-state index >= 15 is 0 Å². The fraction of sp³-hybridized carbons (Fsp3) is 0.333. The lowest BCUT2D eigenvalue weighted by Crippen LogP contribution is -2.05. The van der Waals surface area contributed by atoms with Crippen LogP contribution in [0.1, 0.15) is 30.0 Å². The zero-order valence-electron chi connectivity index (χ0n) is 11.4. The predicted molar refractivity (Wildman–Crippen MR) is 94.1 cm³/mol. The normalized spacial score (nSPS) is 14.4. The first-order valence-electron chi connectivity index (χ1n) is 6.62. The molecule has 0 radical (unpaired) electrons. The fourth-order valence-electron chi connectivity index (χ4n) is 2.18. The molecule has 3 rings (SSSR count). The van der Waals surface area contributed by atoms with Gasteiger partial charge in [0.2, 0.25) is 0 Å². The van der Waals surface area contributed by atoms with Crippen LogP contribution < -0.4 is 5.32 Å². The van der Waals surface area contributed by atoms with E-state index in [0.717, 1.165) is 25.2 Å². The van der Waals surface area contributed by atoms with E-state index in [4.69, 9.17) is 4.98 Å². The molecule has 0 unspecified atom stereocenters. The van der Waals surface area contributed by atoms with E-state index < -0.39 is 0 Å². The second-order valence-electron chi connectivity index (χ2n) is 5.10. The van der Waals surface area contributed by atoms with E-state index in [1.54, 1.807) is 0 Å². The van der Waals surface area contributed by atoms with Gasteiger partial charge in [-0.15, -0.1) is 0 Å². The highest BCUT2D eigenvalue weighted by molar-refractivity contribution is 14.1. The van der Waals surface area contributed by atoms with Crippen molar-refractivity contribution < 1.29 is 0 Å². The second-order valence-corrected chi connectivity index (χ2v) is 7.04. The summed E-state index contributed by atoms with van der Waals surface area (Å²) in [6, 6.07) is 6.28. The number of nitrogens with one attached hydrogen (secondary N) is 1. The molecule has 1 N–H and O–H groups in total. The smallest absolute Gasteiger partial charge is 0.162 e. The van der Waals surface area contributed by atoms with Crippen molar-refractivity contribution in [2.75, 3.05) is 12.4 Å². The van der Waals surface area contributed by atoms with Gasteiger partial charge in [-0.1, -0.05) is 22.0 Å². The van der Waals surface area contributed by atoms with Crippen LogP contribution in [0.5, 0.6) is 0 Å². The van der Waals surface area contributed by atoms with Crippen LogP contribution in [-0.2, 0) is 0 Å². The average Bonchev–Trinajstić information content (AvgIpc) is 3.24. The van der Waals surface area contributed by atoms with Gasteiger partial charge >= 0.3 is 0 Å². The monoisotopic (exact) mass is 443 g/mol. The Hall–Kier alpha value is -0.690. The minimum absolute atomic E-state index is 0.611. The molecule has 2 aromatic rings. The maximum Gasteiger partial charge on any atom is 0.162 e. The van der Waals surface area contributed by atoms with Gasteiger partial charge in [-0.3, -0.25) is 0 Å². The molecule has 1 fully saturated rings. The molecule has 5 heteroatoms. The van der Waals surface area contributed by atoms with E-state index in [9.17, 15) is 0 Å². The number of halogens is 2. The van der Waals surface area contributed by atoms with Crippen LogP contribution in [0.3, 0.4) is 0 Å². The van der Waals surface area contributed by atoms with Crippen molar-refractivity contribution in [1.82, 2.24) is 9.97 Å². The van der Waals surface area contributed by atoms with Crippen molar-refractivity contribution in [2.45, 2.75) is 25.7 Å². The zero-order chi connectivity index (χ0) is 14.3. The highest BCUT2D eigenvalue weighted by Crippen LogP contribution is 2.43. The zero-order valence-corrected chi connectivity index (χ0v) is 15.1. The lowest BCUT2D eigenvalue weighted by molar-refractivity contribution is 0.978. The maximum absolute atomic E-state index is 4.82. The van der Waals surface area contributed by atoms with E-state index in [0.29, 0.717) is 5.92 Å². The fourth-order valence-corrected chi connectivity index (χ4v) is 3.80. The number of nitrogens with zero attached hydrogens (tertiary/aromatic N) is 2. The molecule has 1 saturated carbocycles. The minimum Gasteiger partial charge on any atom is -0.372 e. The summed E-state index contributed by atoms with van der Waals surface area (Å²) < 4.78 is 2.20. The highest BCUT2D eigenvalue weighted by Gasteiger charge is 2.29. The molecule has 1 aromatic heterocycles. The van der Waals surface area contributed by atoms with E-state index in [1.807, 2.05) is 7.05 Å². The standard InChI is InChI=1S/C15H15BrIN3/c1-8-3-6-10(11(16)7-8)14-19-13(9-4-5-9)12(17)15(18-2)20-14/h3,6-7,9H,4-5H2,1-2H3,(H,18,19,20). The molecule has 20 heavy (non-hydrogen) atoms. The molecule has 0 saturated heterocycles. The van der Waals surface area contributed by atoms with Crippen molar-refractivity contribution >= 4 is 44.3 Å². The van der Waals surface area contributed by atoms with Gasteiger partial charge in [-0.2, -0.15) is 0 Å². The Morgan fingerprint density at radius 1 is 1.30 bits per heavy atom. The molecule has 104 valence electrons. The largest absolute Gasteiger partial charge is 0.372 e. The quantitative estimate of drug-likeness (QED) is 0.696. The Bertz CT molecular complexity index is 668. The number of aromatic nitrogens is 2. The molecule has 0 atom stereocenters. The summed E-state index contributed by atoms with van der Waals surface area (Å²) in [5.74, 6) is 2.33. The number of hydrogen-bond donors (Lipinski definition) is 1. The van der Waals surface area contributed by atoms with Gasteiger partial charge in [-0.05, 0) is 60.1 Å². The first-order chi connectivity index (χ1) is 9.60. The van der Waals surface area contributed by atoms with Crippen molar-refractivity contribution in [3.63, 3.8) is 0 Å². The molecule has 1 heterocycles. The van der Waals surface area contributed by atoms with Crippen LogP contribution in [0.4, 0.5) is 5.82 Å². The van der Waals surface area contributed by atoms with Crippen LogP contribution >= 0.6 is 38.5 Å². The molecule has 0 amide bonds. The van der Waals surface area contributed by atoms with Gasteiger partial charge in [0.15, 0.2) is 5.82 Å². The van der Waals surface area contributed by atoms with Gasteiger partial charge in [-0.25, -0.2) is 9.97 Å². The third kappa shape index (κ3) is 2.70. The maximum atomic E-state index is 4.82. The molecule has 1 aliphatic rings. The first kappa shape index (κ1) is 14.3. The number of rotatable bonds is 3. The SMILES string of the molecule is CNc1nc(-c2ccc(C)cc2Br)nc(C2CC2)c1I. The Morgan fingerprint density at radius 2 is 2.05 bits per heavy atom. The second kappa shape index (κ2) is 5.60. The van der Waals surface area contributed by atoms with Gasteiger partial charge in [0.25, 0.3) is 0 Å². The van der Waals surface area contributed by atoms with Crippen molar-refractivity contribution in [1.29, 1.82) is 0 Å². The topological polar surface area (TPSA) is 37.8 Å². The minimum atomic E-state index is 0.611. The summed E-state index contributed by atoms with van der Waals surface area (Å²) in [6.45, 7) is 2.08. The summed E-state index contributed by atoms with van der Waals surface area (Å²) in [5.41, 5.74) is 3.46. The van der Waals surface area contributed by atoms with Crippen LogP contribution in [0.15, 0.2) is 22.7 Å². The summed E-state index contributed by atoms with van der Waals surface area (Å²) in [5, 5.41) is 3.19. The Kier molecular flexibility index (Phi) is 3.99. The molecule has 0 aliphatic heterocycles. The Balaban J connectivity index is 2.15. The lowest BCUT2D eigenvalue weighted by Gasteiger charge is -2.12. The van der Waals surface area contributed by atoms with Gasteiger partial charge in [0.05, 0.1) is 9.26 Å². The van der Waals surface area contributed by atoms with Crippen LogP contribution in [0.2, 0.25) is 0 Å². The van der Waals surface area contributed by atoms with E-state index in [1.165, 1.54) is 24.1 Å². The Labute approximate surface area is 140 Å². The highest BCUT2D eigenvalue weighted by atomic mass is 127. The number of benzene rings is 1. The van der Waals surface area contributed by atoms with Crippen molar-refractivity contribution in [3.8, 4) is 11.4 Å². The summed E-state index contributed by atoms with van der Waals surface area (Å²) in [7, 11) is 1.91. The van der Waals surface area contributed by atoms with Crippen LogP contribution in [0, 0.1) is 10.5 Å².